The van der Waals surface area contributed by atoms with Crippen molar-refractivity contribution in [1.29, 1.82) is 0 Å². The smallest absolute Gasteiger partial charge is 0.234 e. The van der Waals surface area contributed by atoms with Crippen molar-refractivity contribution in [2.75, 3.05) is 26.3 Å². The van der Waals surface area contributed by atoms with E-state index in [1.165, 1.54) is 24.8 Å². The number of nitrogens with zero attached hydrogens (tertiary/aromatic N) is 1. The Morgan fingerprint density at radius 3 is 2.77 bits per heavy atom. The van der Waals surface area contributed by atoms with Gasteiger partial charge in [-0.2, -0.15) is 0 Å². The third kappa shape index (κ3) is 3.83. The first-order valence-electron chi connectivity index (χ1n) is 10.1. The first-order chi connectivity index (χ1) is 12.7. The minimum absolute atomic E-state index is 0.174. The first kappa shape index (κ1) is 17.7. The lowest BCUT2D eigenvalue weighted by atomic mass is 9.86. The number of likely N-dealkylation sites (tertiary alicyclic amines) is 1. The molecule has 0 spiro atoms. The van der Waals surface area contributed by atoms with E-state index in [0.29, 0.717) is 37.8 Å². The largest absolute Gasteiger partial charge is 0.486 e. The summed E-state index contributed by atoms with van der Waals surface area (Å²) in [5.41, 5.74) is 1.23. The van der Waals surface area contributed by atoms with Crippen LogP contribution in [0.4, 0.5) is 0 Å². The summed E-state index contributed by atoms with van der Waals surface area (Å²) in [7, 11) is 0. The van der Waals surface area contributed by atoms with Crippen LogP contribution >= 0.6 is 0 Å². The van der Waals surface area contributed by atoms with Gasteiger partial charge in [0.1, 0.15) is 13.2 Å². The highest BCUT2D eigenvalue weighted by molar-refractivity contribution is 5.78. The number of benzene rings is 1. The molecule has 1 N–H and O–H groups in total. The van der Waals surface area contributed by atoms with Gasteiger partial charge in [0.25, 0.3) is 0 Å². The quantitative estimate of drug-likeness (QED) is 0.897. The summed E-state index contributed by atoms with van der Waals surface area (Å²) in [6.45, 7) is 4.95. The van der Waals surface area contributed by atoms with E-state index in [4.69, 9.17) is 9.47 Å². The van der Waals surface area contributed by atoms with Crippen molar-refractivity contribution in [3.8, 4) is 11.5 Å². The third-order valence-corrected chi connectivity index (χ3v) is 6.12. The van der Waals surface area contributed by atoms with E-state index in [-0.39, 0.29) is 5.91 Å². The van der Waals surface area contributed by atoms with E-state index in [0.717, 1.165) is 37.3 Å². The highest BCUT2D eigenvalue weighted by atomic mass is 16.6. The lowest BCUT2D eigenvalue weighted by Gasteiger charge is -2.31. The molecular weight excluding hydrogens is 328 g/mol. The van der Waals surface area contributed by atoms with Crippen LogP contribution in [0.2, 0.25) is 0 Å². The minimum atomic E-state index is 0.174. The number of carbonyl (C=O) groups is 1. The topological polar surface area (TPSA) is 50.8 Å². The Morgan fingerprint density at radius 1 is 1.12 bits per heavy atom. The molecule has 0 aromatic heterocycles. The fourth-order valence-corrected chi connectivity index (χ4v) is 4.63. The zero-order valence-electron chi connectivity index (χ0n) is 15.7. The number of nitrogens with one attached hydrogen (secondary N) is 1. The Bertz CT molecular complexity index is 648. The second kappa shape index (κ2) is 7.87. The number of fused-ring (bicyclic) bond motifs is 1. The van der Waals surface area contributed by atoms with E-state index in [1.54, 1.807) is 0 Å². The Kier molecular flexibility index (Phi) is 5.34. The number of ether oxygens (including phenoxy) is 2. The normalized spacial score (nSPS) is 28.7. The molecule has 3 aliphatic rings. The summed E-state index contributed by atoms with van der Waals surface area (Å²) in [4.78, 5) is 14.9. The third-order valence-electron chi connectivity index (χ3n) is 6.12. The minimum Gasteiger partial charge on any atom is -0.486 e. The van der Waals surface area contributed by atoms with Gasteiger partial charge < -0.3 is 14.8 Å². The van der Waals surface area contributed by atoms with Crippen LogP contribution in [-0.2, 0) is 4.79 Å². The predicted molar refractivity (Wildman–Crippen MR) is 101 cm³/mol. The number of amides is 1. The van der Waals surface area contributed by atoms with Crippen molar-refractivity contribution in [3.63, 3.8) is 0 Å². The van der Waals surface area contributed by atoms with E-state index in [2.05, 4.69) is 29.3 Å². The zero-order valence-corrected chi connectivity index (χ0v) is 15.7. The molecule has 4 rings (SSSR count). The molecule has 0 unspecified atom stereocenters. The van der Waals surface area contributed by atoms with Gasteiger partial charge in [0.05, 0.1) is 6.54 Å². The molecule has 1 saturated heterocycles. The number of hydrogen-bond acceptors (Lipinski definition) is 4. The highest BCUT2D eigenvalue weighted by Gasteiger charge is 2.30. The molecule has 1 amide bonds. The fourth-order valence-electron chi connectivity index (χ4n) is 4.63. The van der Waals surface area contributed by atoms with Crippen molar-refractivity contribution in [1.82, 2.24) is 10.2 Å². The number of rotatable bonds is 4. The van der Waals surface area contributed by atoms with Crippen molar-refractivity contribution >= 4 is 5.91 Å². The van der Waals surface area contributed by atoms with Crippen molar-refractivity contribution in [2.24, 2.45) is 5.92 Å². The van der Waals surface area contributed by atoms with Gasteiger partial charge in [-0.3, -0.25) is 9.69 Å². The van der Waals surface area contributed by atoms with Gasteiger partial charge in [-0.15, -0.1) is 0 Å². The van der Waals surface area contributed by atoms with Gasteiger partial charge in [-0.05, 0) is 55.8 Å². The summed E-state index contributed by atoms with van der Waals surface area (Å²) in [6.07, 6.45) is 7.11. The molecule has 2 fully saturated rings. The standard InChI is InChI=1S/C21H30N2O3/c1-15-5-2-3-6-17(15)22-21(24)14-23-10-4-7-18(23)16-8-9-19-20(13-16)26-12-11-25-19/h8-9,13,15,17-18H,2-7,10-12,14H2,1H3,(H,22,24)/t15-,17+,18+/m0/s1. The van der Waals surface area contributed by atoms with E-state index in [1.807, 2.05) is 6.07 Å². The molecule has 1 saturated carbocycles. The molecule has 1 aromatic rings. The van der Waals surface area contributed by atoms with Gasteiger partial charge in [0.2, 0.25) is 5.91 Å². The Balaban J connectivity index is 1.39. The highest BCUT2D eigenvalue weighted by Crippen LogP contribution is 2.37. The maximum absolute atomic E-state index is 12.6. The van der Waals surface area contributed by atoms with Crippen LogP contribution < -0.4 is 14.8 Å². The van der Waals surface area contributed by atoms with Gasteiger partial charge in [0.15, 0.2) is 11.5 Å². The van der Waals surface area contributed by atoms with Crippen LogP contribution in [0.15, 0.2) is 18.2 Å². The molecule has 1 aromatic carbocycles. The average molecular weight is 358 g/mol. The van der Waals surface area contributed by atoms with Crippen LogP contribution in [-0.4, -0.2) is 43.2 Å². The number of carbonyl (C=O) groups excluding carboxylic acids is 1. The Hall–Kier alpha value is -1.75. The van der Waals surface area contributed by atoms with Crippen LogP contribution in [0.3, 0.4) is 0 Å². The summed E-state index contributed by atoms with van der Waals surface area (Å²) >= 11 is 0. The second-order valence-corrected chi connectivity index (χ2v) is 7.97. The molecule has 142 valence electrons. The van der Waals surface area contributed by atoms with Crippen molar-refractivity contribution < 1.29 is 14.3 Å². The number of hydrogen-bond donors (Lipinski definition) is 1. The lowest BCUT2D eigenvalue weighted by molar-refractivity contribution is -0.123. The molecule has 26 heavy (non-hydrogen) atoms. The average Bonchev–Trinajstić information content (AvgIpc) is 3.11. The van der Waals surface area contributed by atoms with Crippen LogP contribution in [0, 0.1) is 5.92 Å². The van der Waals surface area contributed by atoms with Crippen molar-refractivity contribution in [2.45, 2.75) is 57.5 Å². The molecule has 5 heteroatoms. The van der Waals surface area contributed by atoms with E-state index in [9.17, 15) is 4.79 Å². The zero-order chi connectivity index (χ0) is 17.9. The van der Waals surface area contributed by atoms with Gasteiger partial charge in [-0.1, -0.05) is 25.8 Å². The first-order valence-corrected chi connectivity index (χ1v) is 10.1. The maximum Gasteiger partial charge on any atom is 0.234 e. The molecule has 0 bridgehead atoms. The van der Waals surface area contributed by atoms with Crippen LogP contribution in [0.5, 0.6) is 11.5 Å². The molecular formula is C21H30N2O3. The van der Waals surface area contributed by atoms with Gasteiger partial charge >= 0.3 is 0 Å². The van der Waals surface area contributed by atoms with E-state index >= 15 is 0 Å². The monoisotopic (exact) mass is 358 g/mol. The molecule has 2 aliphatic heterocycles. The van der Waals surface area contributed by atoms with Gasteiger partial charge in [0, 0.05) is 12.1 Å². The van der Waals surface area contributed by atoms with Crippen molar-refractivity contribution in [3.05, 3.63) is 23.8 Å². The summed E-state index contributed by atoms with van der Waals surface area (Å²) < 4.78 is 11.4. The van der Waals surface area contributed by atoms with E-state index < -0.39 is 0 Å². The summed E-state index contributed by atoms with van der Waals surface area (Å²) in [5, 5.41) is 3.29. The van der Waals surface area contributed by atoms with Gasteiger partial charge in [-0.25, -0.2) is 0 Å². The van der Waals surface area contributed by atoms with Crippen LogP contribution in [0.1, 0.15) is 57.1 Å². The molecule has 3 atom stereocenters. The molecule has 2 heterocycles. The summed E-state index contributed by atoms with van der Waals surface area (Å²) in [6, 6.07) is 6.87. The fraction of sp³-hybridized carbons (Fsp3) is 0.667. The summed E-state index contributed by atoms with van der Waals surface area (Å²) in [5.74, 6) is 2.43. The Labute approximate surface area is 156 Å². The predicted octanol–water partition coefficient (Wildman–Crippen LogP) is 3.29. The second-order valence-electron chi connectivity index (χ2n) is 7.97. The van der Waals surface area contributed by atoms with Crippen LogP contribution in [0.25, 0.3) is 0 Å². The Morgan fingerprint density at radius 2 is 1.92 bits per heavy atom. The maximum atomic E-state index is 12.6. The SMILES string of the molecule is C[C@H]1CCCC[C@H]1NC(=O)CN1CCC[C@@H]1c1ccc2c(c1)OCCO2. The lowest BCUT2D eigenvalue weighted by Crippen LogP contribution is -2.45. The molecule has 1 aliphatic carbocycles. The molecule has 5 nitrogen and oxygen atoms in total. The molecule has 0 radical (unpaired) electrons.